The average Bonchev–Trinajstić information content (AvgIpc) is 2.44. The summed E-state index contributed by atoms with van der Waals surface area (Å²) in [5, 5.41) is 0.137. The van der Waals surface area contributed by atoms with Gasteiger partial charge in [0.2, 0.25) is 10.0 Å². The molecule has 0 saturated heterocycles. The molecule has 0 aromatic carbocycles. The van der Waals surface area contributed by atoms with E-state index in [9.17, 15) is 8.42 Å². The van der Waals surface area contributed by atoms with Crippen LogP contribution in [0.5, 0.6) is 0 Å². The highest BCUT2D eigenvalue weighted by molar-refractivity contribution is 7.89. The summed E-state index contributed by atoms with van der Waals surface area (Å²) in [5.41, 5.74) is 2.27. The molecule has 0 fully saturated rings. The first kappa shape index (κ1) is 18.1. The van der Waals surface area contributed by atoms with Crippen LogP contribution >= 0.6 is 11.6 Å². The fourth-order valence-corrected chi connectivity index (χ4v) is 2.76. The van der Waals surface area contributed by atoms with Crippen molar-refractivity contribution < 1.29 is 13.2 Å². The van der Waals surface area contributed by atoms with Crippen molar-refractivity contribution >= 4 is 27.4 Å². The Morgan fingerprint density at radius 1 is 1.48 bits per heavy atom. The molecule has 1 aromatic rings. The van der Waals surface area contributed by atoms with Gasteiger partial charge in [0.05, 0.1) is 11.6 Å². The molecule has 0 aliphatic rings. The first-order valence-corrected chi connectivity index (χ1v) is 8.06. The number of anilines is 1. The van der Waals surface area contributed by atoms with E-state index in [1.807, 2.05) is 11.9 Å². The minimum atomic E-state index is -3.65. The zero-order valence-electron chi connectivity index (χ0n) is 12.0. The lowest BCUT2D eigenvalue weighted by molar-refractivity contribution is 0.162. The van der Waals surface area contributed by atoms with Gasteiger partial charge in [-0.2, -0.15) is 0 Å². The SMILES string of the molecule is COCCN(C)CCNS(=O)(=O)c1cnc(NN)c(Cl)c1. The summed E-state index contributed by atoms with van der Waals surface area (Å²) in [6, 6.07) is 1.29. The van der Waals surface area contributed by atoms with Crippen LogP contribution < -0.4 is 16.0 Å². The molecule has 21 heavy (non-hydrogen) atoms. The lowest BCUT2D eigenvalue weighted by Gasteiger charge is -2.16. The fraction of sp³-hybridized carbons (Fsp3) is 0.545. The minimum absolute atomic E-state index is 0.00829. The number of rotatable bonds is 9. The molecule has 1 rings (SSSR count). The number of halogens is 1. The summed E-state index contributed by atoms with van der Waals surface area (Å²) >= 11 is 5.86. The number of nitrogens with one attached hydrogen (secondary N) is 2. The molecule has 10 heteroatoms. The van der Waals surface area contributed by atoms with Crippen LogP contribution in [0.15, 0.2) is 17.2 Å². The van der Waals surface area contributed by atoms with E-state index in [1.165, 1.54) is 12.3 Å². The van der Waals surface area contributed by atoms with Crippen molar-refractivity contribution in [3.05, 3.63) is 17.3 Å². The molecular weight excluding hydrogens is 318 g/mol. The molecule has 120 valence electrons. The summed E-state index contributed by atoms with van der Waals surface area (Å²) < 4.78 is 31.6. The third-order valence-electron chi connectivity index (χ3n) is 2.73. The van der Waals surface area contributed by atoms with Gasteiger partial charge >= 0.3 is 0 Å². The third-order valence-corrected chi connectivity index (χ3v) is 4.44. The second-order valence-corrected chi connectivity index (χ2v) is 6.51. The van der Waals surface area contributed by atoms with Crippen LogP contribution in [0.2, 0.25) is 5.02 Å². The minimum Gasteiger partial charge on any atom is -0.383 e. The number of nitrogens with zero attached hydrogens (tertiary/aromatic N) is 2. The maximum absolute atomic E-state index is 12.1. The van der Waals surface area contributed by atoms with Crippen LogP contribution in [-0.2, 0) is 14.8 Å². The molecule has 1 aromatic heterocycles. The normalized spacial score (nSPS) is 11.9. The van der Waals surface area contributed by atoms with Gasteiger partial charge in [-0.05, 0) is 13.1 Å². The van der Waals surface area contributed by atoms with Gasteiger partial charge in [0, 0.05) is 32.9 Å². The number of hydrogen-bond donors (Lipinski definition) is 3. The Balaban J connectivity index is 2.59. The molecule has 0 bridgehead atoms. The number of likely N-dealkylation sites (N-methyl/N-ethyl adjacent to an activating group) is 1. The largest absolute Gasteiger partial charge is 0.383 e. The van der Waals surface area contributed by atoms with Crippen LogP contribution in [0, 0.1) is 0 Å². The van der Waals surface area contributed by atoms with E-state index >= 15 is 0 Å². The van der Waals surface area contributed by atoms with E-state index < -0.39 is 10.0 Å². The zero-order valence-corrected chi connectivity index (χ0v) is 13.5. The molecule has 0 spiro atoms. The van der Waals surface area contributed by atoms with Crippen molar-refractivity contribution in [2.45, 2.75) is 4.90 Å². The standard InChI is InChI=1S/C11H20ClN5O3S/c1-17(5-6-20-2)4-3-15-21(18,19)9-7-10(12)11(16-13)14-8-9/h7-8,15H,3-6,13H2,1-2H3,(H,14,16). The van der Waals surface area contributed by atoms with Gasteiger partial charge in [0.15, 0.2) is 5.82 Å². The molecule has 8 nitrogen and oxygen atoms in total. The van der Waals surface area contributed by atoms with Crippen LogP contribution in [0.25, 0.3) is 0 Å². The highest BCUT2D eigenvalue weighted by atomic mass is 35.5. The first-order chi connectivity index (χ1) is 9.90. The molecule has 0 saturated carbocycles. The Hall–Kier alpha value is -0.970. The predicted octanol–water partition coefficient (Wildman–Crippen LogP) is -0.123. The second kappa shape index (κ2) is 8.47. The number of nitrogen functional groups attached to an aromatic ring is 1. The lowest BCUT2D eigenvalue weighted by atomic mass is 10.5. The van der Waals surface area contributed by atoms with Gasteiger partial charge < -0.3 is 15.1 Å². The van der Waals surface area contributed by atoms with E-state index in [-0.39, 0.29) is 22.3 Å². The Labute approximate surface area is 129 Å². The molecule has 4 N–H and O–H groups in total. The summed E-state index contributed by atoms with van der Waals surface area (Å²) in [6.07, 6.45) is 1.19. The van der Waals surface area contributed by atoms with Crippen LogP contribution in [0.4, 0.5) is 5.82 Å². The lowest BCUT2D eigenvalue weighted by Crippen LogP contribution is -2.34. The maximum atomic E-state index is 12.1. The molecule has 1 heterocycles. The van der Waals surface area contributed by atoms with E-state index in [0.717, 1.165) is 6.54 Å². The molecule has 0 radical (unpaired) electrons. The molecule has 0 aliphatic carbocycles. The summed E-state index contributed by atoms with van der Waals surface area (Å²) in [7, 11) is -0.147. The van der Waals surface area contributed by atoms with Crippen molar-refractivity contribution in [3.8, 4) is 0 Å². The van der Waals surface area contributed by atoms with Crippen molar-refractivity contribution in [1.82, 2.24) is 14.6 Å². The van der Waals surface area contributed by atoms with E-state index in [0.29, 0.717) is 13.2 Å². The topological polar surface area (TPSA) is 110 Å². The van der Waals surface area contributed by atoms with Crippen molar-refractivity contribution in [1.29, 1.82) is 0 Å². The van der Waals surface area contributed by atoms with Crippen molar-refractivity contribution in [2.24, 2.45) is 5.84 Å². The molecule has 0 unspecified atom stereocenters. The van der Waals surface area contributed by atoms with Gasteiger partial charge in [-0.1, -0.05) is 11.6 Å². The van der Waals surface area contributed by atoms with Gasteiger partial charge in [-0.3, -0.25) is 0 Å². The third kappa shape index (κ3) is 5.73. The number of hydrazine groups is 1. The van der Waals surface area contributed by atoms with E-state index in [2.05, 4.69) is 15.1 Å². The highest BCUT2D eigenvalue weighted by Crippen LogP contribution is 2.21. The highest BCUT2D eigenvalue weighted by Gasteiger charge is 2.16. The second-order valence-electron chi connectivity index (χ2n) is 4.34. The quantitative estimate of drug-likeness (QED) is 0.425. The number of sulfonamides is 1. The fourth-order valence-electron chi connectivity index (χ4n) is 1.49. The van der Waals surface area contributed by atoms with Crippen LogP contribution in [-0.4, -0.2) is 58.7 Å². The number of pyridine rings is 1. The molecule has 0 atom stereocenters. The average molecular weight is 338 g/mol. The van der Waals surface area contributed by atoms with Crippen LogP contribution in [0.1, 0.15) is 0 Å². The Bertz CT molecular complexity index is 555. The van der Waals surface area contributed by atoms with Crippen molar-refractivity contribution in [2.75, 3.05) is 45.8 Å². The number of methoxy groups -OCH3 is 1. The number of nitrogens with two attached hydrogens (primary N) is 1. The Morgan fingerprint density at radius 3 is 2.76 bits per heavy atom. The molecule has 0 aliphatic heterocycles. The zero-order chi connectivity index (χ0) is 15.9. The van der Waals surface area contributed by atoms with Gasteiger partial charge in [-0.25, -0.2) is 24.0 Å². The number of ether oxygens (including phenoxy) is 1. The Morgan fingerprint density at radius 2 is 2.19 bits per heavy atom. The predicted molar refractivity (Wildman–Crippen MR) is 81.6 cm³/mol. The summed E-state index contributed by atoms with van der Waals surface area (Å²) in [5.74, 6) is 5.40. The number of hydrogen-bond acceptors (Lipinski definition) is 7. The summed E-state index contributed by atoms with van der Waals surface area (Å²) in [4.78, 5) is 5.78. The van der Waals surface area contributed by atoms with E-state index in [1.54, 1.807) is 7.11 Å². The van der Waals surface area contributed by atoms with Gasteiger partial charge in [0.1, 0.15) is 4.90 Å². The Kier molecular flexibility index (Phi) is 7.29. The van der Waals surface area contributed by atoms with E-state index in [4.69, 9.17) is 22.2 Å². The van der Waals surface area contributed by atoms with Gasteiger partial charge in [-0.15, -0.1) is 0 Å². The first-order valence-electron chi connectivity index (χ1n) is 6.20. The maximum Gasteiger partial charge on any atom is 0.242 e. The van der Waals surface area contributed by atoms with Crippen molar-refractivity contribution in [3.63, 3.8) is 0 Å². The number of aromatic nitrogens is 1. The molecular formula is C11H20ClN5O3S. The molecule has 0 amide bonds. The van der Waals surface area contributed by atoms with Crippen LogP contribution in [0.3, 0.4) is 0 Å². The van der Waals surface area contributed by atoms with Gasteiger partial charge in [0.25, 0.3) is 0 Å². The summed E-state index contributed by atoms with van der Waals surface area (Å²) in [6.45, 7) is 2.15. The monoisotopic (exact) mass is 337 g/mol. The smallest absolute Gasteiger partial charge is 0.242 e.